The summed E-state index contributed by atoms with van der Waals surface area (Å²) in [5, 5.41) is 11.2. The van der Waals surface area contributed by atoms with Crippen LogP contribution in [0.5, 0.6) is 0 Å². The molecule has 0 saturated heterocycles. The van der Waals surface area contributed by atoms with Crippen LogP contribution in [0, 0.1) is 0 Å². The smallest absolute Gasteiger partial charge is 0.252 e. The molecule has 0 bridgehead atoms. The Kier molecular flexibility index (Phi) is 5.94. The first-order chi connectivity index (χ1) is 13.1. The predicted octanol–water partition coefficient (Wildman–Crippen LogP) is 5.22. The first kappa shape index (κ1) is 18.7. The molecule has 1 aromatic heterocycles. The number of rotatable bonds is 6. The van der Waals surface area contributed by atoms with Crippen molar-refractivity contribution >= 4 is 34.6 Å². The van der Waals surface area contributed by atoms with Crippen molar-refractivity contribution in [1.29, 1.82) is 0 Å². The average molecular weight is 375 g/mol. The molecule has 2 N–H and O–H groups in total. The summed E-state index contributed by atoms with van der Waals surface area (Å²) in [7, 11) is 1.64. The zero-order valence-corrected chi connectivity index (χ0v) is 16.1. The van der Waals surface area contributed by atoms with Gasteiger partial charge >= 0.3 is 0 Å². The molecule has 0 spiro atoms. The summed E-state index contributed by atoms with van der Waals surface area (Å²) in [5.74, 6) is -0.0884. The molecule has 4 nitrogen and oxygen atoms in total. The first-order valence-electron chi connectivity index (χ1n) is 8.59. The van der Waals surface area contributed by atoms with Crippen LogP contribution in [0.3, 0.4) is 0 Å². The van der Waals surface area contributed by atoms with Crippen molar-refractivity contribution in [3.63, 3.8) is 0 Å². The Balaban J connectivity index is 1.87. The van der Waals surface area contributed by atoms with E-state index in [1.54, 1.807) is 18.8 Å². The normalized spacial score (nSPS) is 11.5. The fourth-order valence-corrected chi connectivity index (χ4v) is 3.65. The van der Waals surface area contributed by atoms with Gasteiger partial charge in [0.2, 0.25) is 0 Å². The third-order valence-electron chi connectivity index (χ3n) is 3.99. The summed E-state index contributed by atoms with van der Waals surface area (Å²) < 4.78 is 0. The van der Waals surface area contributed by atoms with E-state index in [1.807, 2.05) is 73.7 Å². The van der Waals surface area contributed by atoms with Crippen molar-refractivity contribution < 1.29 is 4.79 Å². The highest BCUT2D eigenvalue weighted by Crippen LogP contribution is 2.32. The number of H-pyrrole nitrogens is 1. The Morgan fingerprint density at radius 1 is 1.22 bits per heavy atom. The lowest BCUT2D eigenvalue weighted by Gasteiger charge is -2.08. The number of fused-ring (bicyclic) bond motifs is 1. The van der Waals surface area contributed by atoms with Gasteiger partial charge in [0, 0.05) is 22.2 Å². The van der Waals surface area contributed by atoms with Gasteiger partial charge in [0.05, 0.1) is 16.8 Å². The quantitative estimate of drug-likeness (QED) is 0.581. The van der Waals surface area contributed by atoms with Crippen molar-refractivity contribution in [2.45, 2.75) is 16.7 Å². The first-order valence-corrected chi connectivity index (χ1v) is 9.41. The van der Waals surface area contributed by atoms with Crippen molar-refractivity contribution in [3.8, 4) is 0 Å². The number of aromatic nitrogens is 2. The monoisotopic (exact) mass is 375 g/mol. The SMILES string of the molecule is C=C(C=CC)/C=C\c1n[nH]c2cc(Sc3ccccc3C(=O)NC)ccc12. The maximum atomic E-state index is 12.1. The van der Waals surface area contributed by atoms with Gasteiger partial charge in [0.15, 0.2) is 0 Å². The summed E-state index contributed by atoms with van der Waals surface area (Å²) in [5.41, 5.74) is 3.42. The molecule has 0 aliphatic heterocycles. The molecule has 1 heterocycles. The lowest BCUT2D eigenvalue weighted by molar-refractivity contribution is 0.0960. The maximum Gasteiger partial charge on any atom is 0.252 e. The Labute approximate surface area is 163 Å². The zero-order valence-electron chi connectivity index (χ0n) is 15.3. The van der Waals surface area contributed by atoms with E-state index >= 15 is 0 Å². The number of nitrogens with one attached hydrogen (secondary N) is 2. The van der Waals surface area contributed by atoms with Gasteiger partial charge in [-0.05, 0) is 48.9 Å². The van der Waals surface area contributed by atoms with E-state index in [1.165, 1.54) is 0 Å². The Morgan fingerprint density at radius 2 is 2.04 bits per heavy atom. The largest absolute Gasteiger partial charge is 0.355 e. The van der Waals surface area contributed by atoms with Crippen LogP contribution in [-0.4, -0.2) is 23.2 Å². The fourth-order valence-electron chi connectivity index (χ4n) is 2.67. The van der Waals surface area contributed by atoms with Crippen molar-refractivity contribution in [3.05, 3.63) is 84.1 Å². The second kappa shape index (κ2) is 8.56. The van der Waals surface area contributed by atoms with Crippen LogP contribution in [-0.2, 0) is 0 Å². The number of hydrogen-bond donors (Lipinski definition) is 2. The number of allylic oxidation sites excluding steroid dienone is 4. The molecular formula is C22H21N3OS. The highest BCUT2D eigenvalue weighted by atomic mass is 32.2. The number of benzene rings is 2. The van der Waals surface area contributed by atoms with Gasteiger partial charge in [-0.1, -0.05) is 48.7 Å². The molecule has 5 heteroatoms. The number of amides is 1. The molecule has 0 radical (unpaired) electrons. The molecule has 0 unspecified atom stereocenters. The minimum absolute atomic E-state index is 0.0884. The fraction of sp³-hybridized carbons (Fsp3) is 0.0909. The third kappa shape index (κ3) is 4.38. The summed E-state index contributed by atoms with van der Waals surface area (Å²) in [6.45, 7) is 5.93. The molecule has 3 rings (SSSR count). The van der Waals surface area contributed by atoms with Gasteiger partial charge < -0.3 is 5.32 Å². The lowest BCUT2D eigenvalue weighted by atomic mass is 10.2. The molecule has 2 aromatic carbocycles. The van der Waals surface area contributed by atoms with Gasteiger partial charge in [-0.25, -0.2) is 0 Å². The standard InChI is InChI=1S/C22H21N3OS/c1-4-7-15(2)10-13-19-17-12-11-16(14-20(17)25-24-19)27-21-9-6-5-8-18(21)22(26)23-3/h4-14H,2H2,1,3H3,(H,23,26)(H,24,25)/b7-4?,13-10-. The number of carbonyl (C=O) groups is 1. The molecule has 136 valence electrons. The van der Waals surface area contributed by atoms with E-state index in [9.17, 15) is 4.79 Å². The van der Waals surface area contributed by atoms with E-state index in [0.717, 1.165) is 32.0 Å². The van der Waals surface area contributed by atoms with Crippen LogP contribution >= 0.6 is 11.8 Å². The third-order valence-corrected chi connectivity index (χ3v) is 5.05. The van der Waals surface area contributed by atoms with Crippen molar-refractivity contribution in [2.75, 3.05) is 7.05 Å². The van der Waals surface area contributed by atoms with Crippen LogP contribution in [0.2, 0.25) is 0 Å². The number of hydrogen-bond acceptors (Lipinski definition) is 3. The predicted molar refractivity (Wildman–Crippen MR) is 113 cm³/mol. The molecule has 0 fully saturated rings. The van der Waals surface area contributed by atoms with Crippen LogP contribution in [0.25, 0.3) is 17.0 Å². The minimum atomic E-state index is -0.0884. The summed E-state index contributed by atoms with van der Waals surface area (Å²) in [6, 6.07) is 13.7. The average Bonchev–Trinajstić information content (AvgIpc) is 3.08. The molecule has 0 aliphatic rings. The summed E-state index contributed by atoms with van der Waals surface area (Å²) in [6.07, 6.45) is 7.80. The van der Waals surface area contributed by atoms with Gasteiger partial charge in [-0.3, -0.25) is 9.89 Å². The second-order valence-electron chi connectivity index (χ2n) is 5.90. The summed E-state index contributed by atoms with van der Waals surface area (Å²) in [4.78, 5) is 14.0. The second-order valence-corrected chi connectivity index (χ2v) is 7.02. The van der Waals surface area contributed by atoms with Crippen LogP contribution in [0.15, 0.2) is 82.6 Å². The molecule has 1 amide bonds. The zero-order chi connectivity index (χ0) is 19.2. The highest BCUT2D eigenvalue weighted by molar-refractivity contribution is 7.99. The van der Waals surface area contributed by atoms with E-state index < -0.39 is 0 Å². The lowest BCUT2D eigenvalue weighted by Crippen LogP contribution is -2.18. The van der Waals surface area contributed by atoms with E-state index in [0.29, 0.717) is 5.56 Å². The number of carbonyl (C=O) groups excluding carboxylic acids is 1. The highest BCUT2D eigenvalue weighted by Gasteiger charge is 2.11. The topological polar surface area (TPSA) is 57.8 Å². The maximum absolute atomic E-state index is 12.1. The van der Waals surface area contributed by atoms with Crippen LogP contribution in [0.4, 0.5) is 0 Å². The molecule has 0 aliphatic carbocycles. The molecule has 3 aromatic rings. The van der Waals surface area contributed by atoms with E-state index in [-0.39, 0.29) is 5.91 Å². The van der Waals surface area contributed by atoms with Crippen molar-refractivity contribution in [2.24, 2.45) is 0 Å². The van der Waals surface area contributed by atoms with Gasteiger partial charge in [0.25, 0.3) is 5.91 Å². The number of aromatic amines is 1. The van der Waals surface area contributed by atoms with Crippen LogP contribution < -0.4 is 5.32 Å². The van der Waals surface area contributed by atoms with Gasteiger partial charge in [0.1, 0.15) is 0 Å². The van der Waals surface area contributed by atoms with E-state index in [4.69, 9.17) is 0 Å². The Morgan fingerprint density at radius 3 is 2.81 bits per heavy atom. The minimum Gasteiger partial charge on any atom is -0.355 e. The Bertz CT molecular complexity index is 1050. The van der Waals surface area contributed by atoms with Crippen LogP contribution in [0.1, 0.15) is 23.0 Å². The van der Waals surface area contributed by atoms with Gasteiger partial charge in [-0.2, -0.15) is 5.10 Å². The Hall–Kier alpha value is -3.05. The van der Waals surface area contributed by atoms with Gasteiger partial charge in [-0.15, -0.1) is 0 Å². The summed E-state index contributed by atoms with van der Waals surface area (Å²) >= 11 is 1.56. The molecule has 27 heavy (non-hydrogen) atoms. The molecular weight excluding hydrogens is 354 g/mol. The van der Waals surface area contributed by atoms with Crippen molar-refractivity contribution in [1.82, 2.24) is 15.5 Å². The molecule has 0 saturated carbocycles. The van der Waals surface area contributed by atoms with E-state index in [2.05, 4.69) is 22.1 Å². The number of nitrogens with zero attached hydrogens (tertiary/aromatic N) is 1. The molecule has 0 atom stereocenters.